The molecule has 1 aliphatic rings. The molecule has 0 aromatic heterocycles. The van der Waals surface area contributed by atoms with Crippen molar-refractivity contribution < 1.29 is 13.9 Å². The maximum absolute atomic E-state index is 13.2. The molecule has 1 aromatic rings. The van der Waals surface area contributed by atoms with Crippen molar-refractivity contribution in [3.05, 3.63) is 42.2 Å². The quantitative estimate of drug-likeness (QED) is 0.661. The van der Waals surface area contributed by atoms with Gasteiger partial charge in [-0.25, -0.2) is 9.18 Å². The number of nitrogens with one attached hydrogen (secondary N) is 1. The predicted molar refractivity (Wildman–Crippen MR) is 76.9 cm³/mol. The van der Waals surface area contributed by atoms with Crippen LogP contribution in [0.4, 0.5) is 10.1 Å². The average Bonchev–Trinajstić information content (AvgIpc) is 2.46. The molecule has 2 atom stereocenters. The van der Waals surface area contributed by atoms with Gasteiger partial charge in [0, 0.05) is 5.69 Å². The maximum atomic E-state index is 13.2. The zero-order valence-corrected chi connectivity index (χ0v) is 11.6. The van der Waals surface area contributed by atoms with Gasteiger partial charge in [-0.05, 0) is 50.3 Å². The number of halogens is 1. The van der Waals surface area contributed by atoms with Crippen LogP contribution in [-0.4, -0.2) is 18.6 Å². The Morgan fingerprint density at radius 3 is 3.00 bits per heavy atom. The van der Waals surface area contributed by atoms with Gasteiger partial charge in [0.05, 0.1) is 6.61 Å². The minimum Gasteiger partial charge on any atom is -0.464 e. The van der Waals surface area contributed by atoms with Gasteiger partial charge in [-0.15, -0.1) is 0 Å². The Balaban J connectivity index is 2.13. The fraction of sp³-hybridized carbons (Fsp3) is 0.438. The number of benzene rings is 1. The summed E-state index contributed by atoms with van der Waals surface area (Å²) in [6.07, 6.45) is 6.95. The summed E-state index contributed by atoms with van der Waals surface area (Å²) in [7, 11) is 0. The summed E-state index contributed by atoms with van der Waals surface area (Å²) in [5.41, 5.74) is 0.609. The molecule has 3 nitrogen and oxygen atoms in total. The van der Waals surface area contributed by atoms with E-state index < -0.39 is 6.04 Å². The third kappa shape index (κ3) is 3.83. The topological polar surface area (TPSA) is 38.3 Å². The monoisotopic (exact) mass is 277 g/mol. The van der Waals surface area contributed by atoms with Crippen LogP contribution in [-0.2, 0) is 9.53 Å². The van der Waals surface area contributed by atoms with Crippen LogP contribution in [0, 0.1) is 11.7 Å². The third-order valence-corrected chi connectivity index (χ3v) is 3.47. The Hall–Kier alpha value is -1.84. The number of hydrogen-bond donors (Lipinski definition) is 1. The van der Waals surface area contributed by atoms with Crippen molar-refractivity contribution >= 4 is 11.7 Å². The largest absolute Gasteiger partial charge is 0.464 e. The molecule has 0 fully saturated rings. The number of anilines is 1. The van der Waals surface area contributed by atoms with E-state index >= 15 is 0 Å². The van der Waals surface area contributed by atoms with Gasteiger partial charge in [0.15, 0.2) is 0 Å². The molecule has 4 heteroatoms. The molecule has 0 aliphatic heterocycles. The molecule has 2 rings (SSSR count). The summed E-state index contributed by atoms with van der Waals surface area (Å²) in [6.45, 7) is 2.14. The highest BCUT2D eigenvalue weighted by atomic mass is 19.1. The van der Waals surface area contributed by atoms with Gasteiger partial charge >= 0.3 is 5.97 Å². The Bertz CT molecular complexity index is 487. The first-order valence-electron chi connectivity index (χ1n) is 7.04. The number of rotatable bonds is 5. The highest BCUT2D eigenvalue weighted by Crippen LogP contribution is 2.25. The van der Waals surface area contributed by atoms with E-state index in [9.17, 15) is 9.18 Å². The minimum absolute atomic E-state index is 0.183. The van der Waals surface area contributed by atoms with Crippen LogP contribution >= 0.6 is 0 Å². The SMILES string of the molecule is CCOC(=O)C(Nc1cccc(F)c1)C1CC=CCC1. The van der Waals surface area contributed by atoms with Crippen LogP contribution in [0.3, 0.4) is 0 Å². The molecule has 1 aliphatic carbocycles. The Labute approximate surface area is 118 Å². The molecule has 0 saturated carbocycles. The van der Waals surface area contributed by atoms with E-state index in [1.165, 1.54) is 12.1 Å². The first kappa shape index (κ1) is 14.6. The highest BCUT2D eigenvalue weighted by molar-refractivity contribution is 5.79. The first-order valence-corrected chi connectivity index (χ1v) is 7.04. The summed E-state index contributed by atoms with van der Waals surface area (Å²) in [5, 5.41) is 3.13. The van der Waals surface area contributed by atoms with E-state index in [1.54, 1.807) is 19.1 Å². The summed E-state index contributed by atoms with van der Waals surface area (Å²) >= 11 is 0. The van der Waals surface area contributed by atoms with E-state index in [1.807, 2.05) is 0 Å². The zero-order valence-electron chi connectivity index (χ0n) is 11.6. The van der Waals surface area contributed by atoms with Crippen molar-refractivity contribution in [2.45, 2.75) is 32.2 Å². The minimum atomic E-state index is -0.429. The molecule has 20 heavy (non-hydrogen) atoms. The second kappa shape index (κ2) is 7.08. The van der Waals surface area contributed by atoms with Crippen LogP contribution in [0.1, 0.15) is 26.2 Å². The molecule has 0 bridgehead atoms. The van der Waals surface area contributed by atoms with E-state index in [0.29, 0.717) is 12.3 Å². The standard InChI is InChI=1S/C16H20FNO2/c1-2-20-16(19)15(12-7-4-3-5-8-12)18-14-10-6-9-13(17)11-14/h3-4,6,9-12,15,18H,2,5,7-8H2,1H3. The number of carbonyl (C=O) groups excluding carboxylic acids is 1. The summed E-state index contributed by atoms with van der Waals surface area (Å²) in [4.78, 5) is 12.1. The summed E-state index contributed by atoms with van der Waals surface area (Å²) in [5.74, 6) is -0.402. The number of hydrogen-bond acceptors (Lipinski definition) is 3. The summed E-state index contributed by atoms with van der Waals surface area (Å²) in [6, 6.07) is 5.73. The van der Waals surface area contributed by atoms with E-state index in [-0.39, 0.29) is 17.7 Å². The molecule has 2 unspecified atom stereocenters. The highest BCUT2D eigenvalue weighted by Gasteiger charge is 2.29. The van der Waals surface area contributed by atoms with Gasteiger partial charge in [0.25, 0.3) is 0 Å². The molecule has 0 heterocycles. The van der Waals surface area contributed by atoms with Crippen LogP contribution in [0.5, 0.6) is 0 Å². The number of ether oxygens (including phenoxy) is 1. The lowest BCUT2D eigenvalue weighted by Crippen LogP contribution is -2.39. The van der Waals surface area contributed by atoms with Crippen LogP contribution < -0.4 is 5.32 Å². The van der Waals surface area contributed by atoms with Gasteiger partial charge in [-0.1, -0.05) is 18.2 Å². The van der Waals surface area contributed by atoms with Gasteiger partial charge in [0.2, 0.25) is 0 Å². The second-order valence-corrected chi connectivity index (χ2v) is 4.93. The average molecular weight is 277 g/mol. The lowest BCUT2D eigenvalue weighted by molar-refractivity contribution is -0.145. The van der Waals surface area contributed by atoms with Crippen molar-refractivity contribution in [1.29, 1.82) is 0 Å². The van der Waals surface area contributed by atoms with Gasteiger partial charge < -0.3 is 10.1 Å². The molecule has 0 saturated heterocycles. The number of allylic oxidation sites excluding steroid dienone is 2. The molecule has 1 N–H and O–H groups in total. The second-order valence-electron chi connectivity index (χ2n) is 4.93. The molecule has 0 radical (unpaired) electrons. The number of carbonyl (C=O) groups is 1. The van der Waals surface area contributed by atoms with Crippen molar-refractivity contribution in [2.75, 3.05) is 11.9 Å². The normalized spacial score (nSPS) is 19.4. The van der Waals surface area contributed by atoms with Crippen molar-refractivity contribution in [1.82, 2.24) is 0 Å². The van der Waals surface area contributed by atoms with Crippen molar-refractivity contribution in [3.63, 3.8) is 0 Å². The zero-order chi connectivity index (χ0) is 14.4. The molecular weight excluding hydrogens is 257 g/mol. The van der Waals surface area contributed by atoms with E-state index in [0.717, 1.165) is 19.3 Å². The molecule has 0 amide bonds. The van der Waals surface area contributed by atoms with Gasteiger partial charge in [-0.2, -0.15) is 0 Å². The fourth-order valence-corrected chi connectivity index (χ4v) is 2.48. The lowest BCUT2D eigenvalue weighted by Gasteiger charge is -2.28. The molecule has 1 aromatic carbocycles. The molecular formula is C16H20FNO2. The molecule has 108 valence electrons. The van der Waals surface area contributed by atoms with Crippen LogP contribution in [0.15, 0.2) is 36.4 Å². The van der Waals surface area contributed by atoms with Gasteiger partial charge in [0.1, 0.15) is 11.9 Å². The fourth-order valence-electron chi connectivity index (χ4n) is 2.48. The van der Waals surface area contributed by atoms with Crippen molar-refractivity contribution in [2.24, 2.45) is 5.92 Å². The Morgan fingerprint density at radius 1 is 1.50 bits per heavy atom. The lowest BCUT2D eigenvalue weighted by atomic mass is 9.87. The van der Waals surface area contributed by atoms with Crippen LogP contribution in [0.2, 0.25) is 0 Å². The Kier molecular flexibility index (Phi) is 5.16. The Morgan fingerprint density at radius 2 is 2.35 bits per heavy atom. The summed E-state index contributed by atoms with van der Waals surface area (Å²) < 4.78 is 18.4. The smallest absolute Gasteiger partial charge is 0.328 e. The van der Waals surface area contributed by atoms with Crippen molar-refractivity contribution in [3.8, 4) is 0 Å². The maximum Gasteiger partial charge on any atom is 0.328 e. The van der Waals surface area contributed by atoms with E-state index in [4.69, 9.17) is 4.74 Å². The number of esters is 1. The van der Waals surface area contributed by atoms with E-state index in [2.05, 4.69) is 17.5 Å². The van der Waals surface area contributed by atoms with Gasteiger partial charge in [-0.3, -0.25) is 0 Å². The third-order valence-electron chi connectivity index (χ3n) is 3.47. The first-order chi connectivity index (χ1) is 9.70. The van der Waals surface area contributed by atoms with Crippen LogP contribution in [0.25, 0.3) is 0 Å². The predicted octanol–water partition coefficient (Wildman–Crippen LogP) is 3.53. The molecule has 0 spiro atoms.